The van der Waals surface area contributed by atoms with Crippen molar-refractivity contribution >= 4 is 18.5 Å². The molecule has 1 fully saturated rings. The van der Waals surface area contributed by atoms with Gasteiger partial charge in [-0.25, -0.2) is 0 Å². The average Bonchev–Trinajstić information content (AvgIpc) is 3.39. The molecule has 0 spiro atoms. The number of amides is 1. The lowest BCUT2D eigenvalue weighted by Gasteiger charge is -2.14. The molecule has 1 heterocycles. The number of rotatable bonds is 6. The Morgan fingerprint density at radius 2 is 1.81 bits per heavy atom. The number of carbonyl (C=O) groups is 1. The van der Waals surface area contributed by atoms with Gasteiger partial charge < -0.3 is 15.5 Å². The summed E-state index contributed by atoms with van der Waals surface area (Å²) in [5.41, 5.74) is 2.77. The lowest BCUT2D eigenvalue weighted by molar-refractivity contribution is 0.0938. The number of nitrogens with one attached hydrogen (secondary N) is 1. The van der Waals surface area contributed by atoms with Crippen LogP contribution in [0.3, 0.4) is 0 Å². The second-order valence-corrected chi connectivity index (χ2v) is 9.04. The van der Waals surface area contributed by atoms with E-state index in [4.69, 9.17) is 0 Å². The summed E-state index contributed by atoms with van der Waals surface area (Å²) in [6, 6.07) is 10.8. The summed E-state index contributed by atoms with van der Waals surface area (Å²) in [6.45, 7) is 4.35. The number of benzene rings is 2. The third-order valence-electron chi connectivity index (χ3n) is 5.99. The fraction of sp³-hybridized carbons (Fsp3) is 0.375. The maximum Gasteiger partial charge on any atom is 0.251 e. The highest BCUT2D eigenvalue weighted by molar-refractivity contribution is 7.80. The van der Waals surface area contributed by atoms with Crippen molar-refractivity contribution in [3.05, 3.63) is 53.1 Å². The SMILES string of the molecule is CC(C)c1cc(-c2nnc(S)n2Cc2ccc(C(=O)NC3CCCC3)cc2)c(O)cc1O. The molecule has 1 aliphatic carbocycles. The third kappa shape index (κ3) is 4.60. The third-order valence-corrected chi connectivity index (χ3v) is 6.32. The number of hydrogen-bond acceptors (Lipinski definition) is 6. The first-order valence-electron chi connectivity index (χ1n) is 10.9. The van der Waals surface area contributed by atoms with Crippen molar-refractivity contribution in [2.75, 3.05) is 0 Å². The number of carbonyl (C=O) groups excluding carboxylic acids is 1. The van der Waals surface area contributed by atoms with Crippen LogP contribution in [0.25, 0.3) is 11.4 Å². The van der Waals surface area contributed by atoms with Gasteiger partial charge in [-0.05, 0) is 48.1 Å². The van der Waals surface area contributed by atoms with E-state index in [-0.39, 0.29) is 29.4 Å². The van der Waals surface area contributed by atoms with Gasteiger partial charge in [-0.15, -0.1) is 22.8 Å². The smallest absolute Gasteiger partial charge is 0.251 e. The zero-order valence-corrected chi connectivity index (χ0v) is 19.1. The molecule has 8 heteroatoms. The molecule has 1 amide bonds. The van der Waals surface area contributed by atoms with Crippen LogP contribution in [0, 0.1) is 0 Å². The maximum atomic E-state index is 12.5. The average molecular weight is 453 g/mol. The molecule has 32 heavy (non-hydrogen) atoms. The Morgan fingerprint density at radius 1 is 1.12 bits per heavy atom. The summed E-state index contributed by atoms with van der Waals surface area (Å²) >= 11 is 4.43. The lowest BCUT2D eigenvalue weighted by Crippen LogP contribution is -2.32. The monoisotopic (exact) mass is 452 g/mol. The normalized spacial score (nSPS) is 14.2. The minimum absolute atomic E-state index is 0.0430. The first kappa shape index (κ1) is 22.2. The van der Waals surface area contributed by atoms with Gasteiger partial charge in [-0.1, -0.05) is 38.8 Å². The lowest BCUT2D eigenvalue weighted by atomic mass is 9.98. The Hall–Kier alpha value is -3.00. The first-order valence-corrected chi connectivity index (χ1v) is 11.4. The topological polar surface area (TPSA) is 100 Å². The molecular weight excluding hydrogens is 424 g/mol. The Kier molecular flexibility index (Phi) is 6.41. The van der Waals surface area contributed by atoms with E-state index >= 15 is 0 Å². The van der Waals surface area contributed by atoms with Crippen molar-refractivity contribution in [3.63, 3.8) is 0 Å². The van der Waals surface area contributed by atoms with Gasteiger partial charge >= 0.3 is 0 Å². The van der Waals surface area contributed by atoms with E-state index in [1.54, 1.807) is 10.6 Å². The molecule has 0 unspecified atom stereocenters. The quantitative estimate of drug-likeness (QED) is 0.413. The van der Waals surface area contributed by atoms with Gasteiger partial charge in [0, 0.05) is 17.7 Å². The predicted molar refractivity (Wildman–Crippen MR) is 125 cm³/mol. The first-order chi connectivity index (χ1) is 15.3. The fourth-order valence-electron chi connectivity index (χ4n) is 4.16. The summed E-state index contributed by atoms with van der Waals surface area (Å²) in [5, 5.41) is 32.4. The van der Waals surface area contributed by atoms with Gasteiger partial charge in [0.1, 0.15) is 11.5 Å². The molecule has 2 aromatic carbocycles. The van der Waals surface area contributed by atoms with Gasteiger partial charge in [0.15, 0.2) is 11.0 Å². The van der Waals surface area contributed by atoms with Crippen LogP contribution in [0.1, 0.15) is 66.9 Å². The number of nitrogens with zero attached hydrogens (tertiary/aromatic N) is 3. The molecular formula is C24H28N4O3S. The summed E-state index contributed by atoms with van der Waals surface area (Å²) in [7, 11) is 0. The van der Waals surface area contributed by atoms with Gasteiger partial charge in [0.2, 0.25) is 0 Å². The number of phenolic OH excluding ortho intramolecular Hbond substituents is 2. The predicted octanol–water partition coefficient (Wildman–Crippen LogP) is 4.49. The Morgan fingerprint density at radius 3 is 2.47 bits per heavy atom. The Balaban J connectivity index is 1.57. The molecule has 3 N–H and O–H groups in total. The minimum Gasteiger partial charge on any atom is -0.508 e. The van der Waals surface area contributed by atoms with Crippen molar-refractivity contribution in [2.45, 2.75) is 63.2 Å². The number of aromatic hydroxyl groups is 2. The van der Waals surface area contributed by atoms with Gasteiger partial charge in [0.05, 0.1) is 12.1 Å². The van der Waals surface area contributed by atoms with Gasteiger partial charge in [0.25, 0.3) is 5.91 Å². The molecule has 7 nitrogen and oxygen atoms in total. The van der Waals surface area contributed by atoms with E-state index in [1.165, 1.54) is 18.9 Å². The summed E-state index contributed by atoms with van der Waals surface area (Å²) in [6.07, 6.45) is 4.44. The summed E-state index contributed by atoms with van der Waals surface area (Å²) in [4.78, 5) is 12.5. The van der Waals surface area contributed by atoms with E-state index in [0.717, 1.165) is 18.4 Å². The number of phenols is 2. The molecule has 0 saturated heterocycles. The van der Waals surface area contributed by atoms with Crippen LogP contribution in [-0.2, 0) is 6.54 Å². The van der Waals surface area contributed by atoms with Crippen LogP contribution in [0.2, 0.25) is 0 Å². The van der Waals surface area contributed by atoms with E-state index in [1.807, 2.05) is 38.1 Å². The maximum absolute atomic E-state index is 12.5. The van der Waals surface area contributed by atoms with E-state index < -0.39 is 0 Å². The van der Waals surface area contributed by atoms with Crippen molar-refractivity contribution in [3.8, 4) is 22.9 Å². The molecule has 1 aromatic heterocycles. The number of aromatic nitrogens is 3. The minimum atomic E-state index is -0.0761. The fourth-order valence-corrected chi connectivity index (χ4v) is 4.37. The zero-order chi connectivity index (χ0) is 22.8. The second-order valence-electron chi connectivity index (χ2n) is 8.64. The zero-order valence-electron chi connectivity index (χ0n) is 18.2. The van der Waals surface area contributed by atoms with Crippen LogP contribution in [-0.4, -0.2) is 36.9 Å². The Bertz CT molecular complexity index is 1120. The van der Waals surface area contributed by atoms with Crippen LogP contribution < -0.4 is 5.32 Å². The van der Waals surface area contributed by atoms with E-state index in [0.29, 0.717) is 34.2 Å². The Labute approximate surface area is 192 Å². The number of thiol groups is 1. The van der Waals surface area contributed by atoms with Crippen molar-refractivity contribution in [1.29, 1.82) is 0 Å². The van der Waals surface area contributed by atoms with E-state index in [9.17, 15) is 15.0 Å². The highest BCUT2D eigenvalue weighted by Gasteiger charge is 2.20. The highest BCUT2D eigenvalue weighted by atomic mass is 32.1. The largest absolute Gasteiger partial charge is 0.508 e. The molecule has 0 radical (unpaired) electrons. The molecule has 3 aromatic rings. The number of hydrogen-bond donors (Lipinski definition) is 4. The molecule has 0 atom stereocenters. The second kappa shape index (κ2) is 9.24. The van der Waals surface area contributed by atoms with Crippen molar-refractivity contribution in [2.24, 2.45) is 0 Å². The van der Waals surface area contributed by atoms with E-state index in [2.05, 4.69) is 28.1 Å². The highest BCUT2D eigenvalue weighted by Crippen LogP contribution is 2.37. The van der Waals surface area contributed by atoms with Gasteiger partial charge in [-0.3, -0.25) is 9.36 Å². The summed E-state index contributed by atoms with van der Waals surface area (Å²) in [5.74, 6) is 0.456. The van der Waals surface area contributed by atoms with Crippen LogP contribution in [0.5, 0.6) is 11.5 Å². The molecule has 0 bridgehead atoms. The van der Waals surface area contributed by atoms with Crippen molar-refractivity contribution < 1.29 is 15.0 Å². The van der Waals surface area contributed by atoms with Gasteiger partial charge in [-0.2, -0.15) is 0 Å². The molecule has 168 valence electrons. The van der Waals surface area contributed by atoms with Crippen molar-refractivity contribution in [1.82, 2.24) is 20.1 Å². The molecule has 1 aliphatic rings. The van der Waals surface area contributed by atoms with Crippen LogP contribution >= 0.6 is 12.6 Å². The molecule has 1 saturated carbocycles. The summed E-state index contributed by atoms with van der Waals surface area (Å²) < 4.78 is 1.78. The van der Waals surface area contributed by atoms with Crippen LogP contribution in [0.4, 0.5) is 0 Å². The molecule has 0 aliphatic heterocycles. The standard InChI is InChI=1S/C24H28N4O3S/c1-14(2)18-11-19(21(30)12-20(18)29)22-26-27-24(32)28(22)13-15-7-9-16(10-8-15)23(31)25-17-5-3-4-6-17/h7-12,14,17,29-30H,3-6,13H2,1-2H3,(H,25,31)(H,27,32). The molecule has 4 rings (SSSR count). The van der Waals surface area contributed by atoms with Crippen LogP contribution in [0.15, 0.2) is 41.6 Å².